The lowest BCUT2D eigenvalue weighted by Gasteiger charge is -2.44. The second kappa shape index (κ2) is 7.00. The van der Waals surface area contributed by atoms with Gasteiger partial charge in [0.05, 0.1) is 10.9 Å². The van der Waals surface area contributed by atoms with Gasteiger partial charge in [-0.3, -0.25) is 0 Å². The Balaban J connectivity index is 1.85. The van der Waals surface area contributed by atoms with E-state index < -0.39 is 9.84 Å². The molecule has 0 bridgehead atoms. The Morgan fingerprint density at radius 1 is 1.12 bits per heavy atom. The Kier molecular flexibility index (Phi) is 4.94. The molecule has 7 heteroatoms. The van der Waals surface area contributed by atoms with Gasteiger partial charge < -0.3 is 9.80 Å². The molecule has 0 spiro atoms. The Labute approximate surface area is 149 Å². The van der Waals surface area contributed by atoms with E-state index in [2.05, 4.69) is 33.6 Å². The quantitative estimate of drug-likeness (QED) is 0.833. The van der Waals surface area contributed by atoms with Gasteiger partial charge in [0, 0.05) is 44.0 Å². The number of sulfone groups is 1. The zero-order valence-corrected chi connectivity index (χ0v) is 15.6. The van der Waals surface area contributed by atoms with Gasteiger partial charge in [-0.15, -0.1) is 0 Å². The van der Waals surface area contributed by atoms with Gasteiger partial charge in [-0.1, -0.05) is 19.9 Å². The molecule has 1 aromatic carbocycles. The van der Waals surface area contributed by atoms with Crippen molar-refractivity contribution < 1.29 is 8.42 Å². The Hall–Kier alpha value is -2.15. The van der Waals surface area contributed by atoms with E-state index in [0.29, 0.717) is 10.8 Å². The molecular weight excluding hydrogens is 336 g/mol. The molecule has 2 heterocycles. The molecule has 0 saturated carbocycles. The van der Waals surface area contributed by atoms with Crippen molar-refractivity contribution >= 4 is 21.5 Å². The molecule has 1 atom stereocenters. The molecule has 0 aliphatic carbocycles. The molecule has 0 amide bonds. The summed E-state index contributed by atoms with van der Waals surface area (Å²) >= 11 is 0. The van der Waals surface area contributed by atoms with Crippen molar-refractivity contribution in [3.63, 3.8) is 0 Å². The third-order valence-electron chi connectivity index (χ3n) is 4.61. The molecule has 0 radical (unpaired) electrons. The first kappa shape index (κ1) is 17.7. The summed E-state index contributed by atoms with van der Waals surface area (Å²) in [5, 5.41) is 0. The van der Waals surface area contributed by atoms with E-state index in [9.17, 15) is 8.42 Å². The summed E-state index contributed by atoms with van der Waals surface area (Å²) in [4.78, 5) is 13.7. The van der Waals surface area contributed by atoms with Crippen molar-refractivity contribution in [1.29, 1.82) is 0 Å². The minimum atomic E-state index is -3.20. The zero-order chi connectivity index (χ0) is 18.0. The summed E-state index contributed by atoms with van der Waals surface area (Å²) in [5.41, 5.74) is 0.946. The van der Waals surface area contributed by atoms with Gasteiger partial charge in [0.25, 0.3) is 0 Å². The largest absolute Gasteiger partial charge is 0.368 e. The van der Waals surface area contributed by atoms with E-state index >= 15 is 0 Å². The van der Waals surface area contributed by atoms with Crippen LogP contribution in [-0.2, 0) is 9.84 Å². The van der Waals surface area contributed by atoms with E-state index in [1.807, 2.05) is 18.2 Å². The number of hydrogen-bond donors (Lipinski definition) is 0. The van der Waals surface area contributed by atoms with Crippen LogP contribution in [-0.4, -0.2) is 50.3 Å². The molecule has 134 valence electrons. The number of aromatic nitrogens is 2. The number of hydrogen-bond acceptors (Lipinski definition) is 6. The number of piperazine rings is 1. The van der Waals surface area contributed by atoms with Crippen LogP contribution in [0, 0.1) is 5.92 Å². The van der Waals surface area contributed by atoms with Crippen LogP contribution < -0.4 is 9.80 Å². The predicted molar refractivity (Wildman–Crippen MR) is 99.8 cm³/mol. The van der Waals surface area contributed by atoms with E-state index in [1.165, 1.54) is 6.26 Å². The van der Waals surface area contributed by atoms with Gasteiger partial charge in [-0.2, -0.15) is 0 Å². The average Bonchev–Trinajstić information content (AvgIpc) is 2.61. The van der Waals surface area contributed by atoms with Gasteiger partial charge in [0.1, 0.15) is 0 Å². The lowest BCUT2D eigenvalue weighted by Crippen LogP contribution is -2.56. The highest BCUT2D eigenvalue weighted by molar-refractivity contribution is 7.90. The highest BCUT2D eigenvalue weighted by Crippen LogP contribution is 2.26. The number of anilines is 2. The maximum atomic E-state index is 11.8. The minimum Gasteiger partial charge on any atom is -0.368 e. The number of benzene rings is 1. The van der Waals surface area contributed by atoms with Crippen LogP contribution in [0.15, 0.2) is 47.6 Å². The van der Waals surface area contributed by atoms with Crippen LogP contribution in [0.25, 0.3) is 0 Å². The minimum absolute atomic E-state index is 0.262. The molecule has 25 heavy (non-hydrogen) atoms. The summed E-state index contributed by atoms with van der Waals surface area (Å²) in [6.45, 7) is 6.79. The van der Waals surface area contributed by atoms with Gasteiger partial charge in [0.2, 0.25) is 5.95 Å². The van der Waals surface area contributed by atoms with E-state index in [-0.39, 0.29) is 6.04 Å². The summed E-state index contributed by atoms with van der Waals surface area (Å²) in [5.74, 6) is 1.18. The second-order valence-corrected chi connectivity index (χ2v) is 8.78. The van der Waals surface area contributed by atoms with E-state index in [4.69, 9.17) is 0 Å². The fourth-order valence-electron chi connectivity index (χ4n) is 3.21. The number of nitrogens with zero attached hydrogens (tertiary/aromatic N) is 4. The standard InChI is InChI=1S/C18H24N4O2S/c1-14(2)17-13-21(10-11-22(17)18-19-8-5-9-20-18)15-6-4-7-16(12-15)25(3,23)24/h4-9,12,14,17H,10-11,13H2,1-3H3/t17-/m0/s1. The predicted octanol–water partition coefficient (Wildman–Crippen LogP) is 2.23. The maximum absolute atomic E-state index is 11.8. The lowest BCUT2D eigenvalue weighted by atomic mass is 9.99. The summed E-state index contributed by atoms with van der Waals surface area (Å²) < 4.78 is 23.7. The summed E-state index contributed by atoms with van der Waals surface area (Å²) in [6.07, 6.45) is 4.77. The first-order chi connectivity index (χ1) is 11.9. The molecule has 1 fully saturated rings. The molecule has 1 aromatic heterocycles. The Morgan fingerprint density at radius 2 is 1.84 bits per heavy atom. The van der Waals surface area contributed by atoms with E-state index in [0.717, 1.165) is 31.3 Å². The molecule has 0 N–H and O–H groups in total. The molecule has 1 aliphatic rings. The fourth-order valence-corrected chi connectivity index (χ4v) is 3.87. The van der Waals surface area contributed by atoms with Crippen molar-refractivity contribution in [1.82, 2.24) is 9.97 Å². The monoisotopic (exact) mass is 360 g/mol. The SMILES string of the molecule is CC(C)[C@@H]1CN(c2cccc(S(C)(=O)=O)c2)CCN1c1ncccn1. The van der Waals surface area contributed by atoms with Crippen molar-refractivity contribution in [2.24, 2.45) is 5.92 Å². The molecule has 0 unspecified atom stereocenters. The summed E-state index contributed by atoms with van der Waals surface area (Å²) in [6, 6.07) is 9.27. The third kappa shape index (κ3) is 3.92. The van der Waals surface area contributed by atoms with Gasteiger partial charge in [0.15, 0.2) is 9.84 Å². The van der Waals surface area contributed by atoms with E-state index in [1.54, 1.807) is 24.5 Å². The second-order valence-electron chi connectivity index (χ2n) is 6.77. The topological polar surface area (TPSA) is 66.4 Å². The molecular formula is C18H24N4O2S. The Bertz CT molecular complexity index is 824. The third-order valence-corrected chi connectivity index (χ3v) is 5.72. The maximum Gasteiger partial charge on any atom is 0.225 e. The molecule has 3 rings (SSSR count). The van der Waals surface area contributed by atoms with Gasteiger partial charge >= 0.3 is 0 Å². The smallest absolute Gasteiger partial charge is 0.225 e. The highest BCUT2D eigenvalue weighted by Gasteiger charge is 2.31. The summed E-state index contributed by atoms with van der Waals surface area (Å²) in [7, 11) is -3.20. The fraction of sp³-hybridized carbons (Fsp3) is 0.444. The first-order valence-electron chi connectivity index (χ1n) is 8.45. The normalized spacial score (nSPS) is 18.6. The van der Waals surface area contributed by atoms with Crippen LogP contribution in [0.3, 0.4) is 0 Å². The lowest BCUT2D eigenvalue weighted by molar-refractivity contribution is 0.413. The molecule has 6 nitrogen and oxygen atoms in total. The average molecular weight is 360 g/mol. The molecule has 1 aliphatic heterocycles. The van der Waals surface area contributed by atoms with Crippen LogP contribution in [0.5, 0.6) is 0 Å². The van der Waals surface area contributed by atoms with Gasteiger partial charge in [-0.05, 0) is 30.2 Å². The van der Waals surface area contributed by atoms with Crippen molar-refractivity contribution in [3.05, 3.63) is 42.7 Å². The van der Waals surface area contributed by atoms with Crippen molar-refractivity contribution in [3.8, 4) is 0 Å². The van der Waals surface area contributed by atoms with Crippen LogP contribution >= 0.6 is 0 Å². The van der Waals surface area contributed by atoms with Crippen LogP contribution in [0.1, 0.15) is 13.8 Å². The molecule has 2 aromatic rings. The number of rotatable bonds is 4. The van der Waals surface area contributed by atoms with Crippen molar-refractivity contribution in [2.45, 2.75) is 24.8 Å². The van der Waals surface area contributed by atoms with Gasteiger partial charge in [-0.25, -0.2) is 18.4 Å². The first-order valence-corrected chi connectivity index (χ1v) is 10.3. The molecule has 1 saturated heterocycles. The van der Waals surface area contributed by atoms with Crippen LogP contribution in [0.2, 0.25) is 0 Å². The highest BCUT2D eigenvalue weighted by atomic mass is 32.2. The van der Waals surface area contributed by atoms with Crippen molar-refractivity contribution in [2.75, 3.05) is 35.7 Å². The zero-order valence-electron chi connectivity index (χ0n) is 14.8. The van der Waals surface area contributed by atoms with Crippen LogP contribution in [0.4, 0.5) is 11.6 Å². The Morgan fingerprint density at radius 3 is 2.48 bits per heavy atom.